The van der Waals surface area contributed by atoms with Crippen molar-refractivity contribution in [1.29, 1.82) is 0 Å². The monoisotopic (exact) mass is 436 g/mol. The third-order valence-electron chi connectivity index (χ3n) is 2.12. The van der Waals surface area contributed by atoms with Crippen LogP contribution in [-0.4, -0.2) is 44.0 Å². The second kappa shape index (κ2) is 12.3. The molecule has 3 atom stereocenters. The smallest absolute Gasteiger partial charge is 0.149 e. The molecule has 5 heteroatoms. The maximum atomic E-state index is 11.3. The zero-order chi connectivity index (χ0) is 10.6. The van der Waals surface area contributed by atoms with Crippen LogP contribution in [0, 0.1) is 20.3 Å². The summed E-state index contributed by atoms with van der Waals surface area (Å²) < 4.78 is 5.27. The van der Waals surface area contributed by atoms with E-state index in [1.54, 1.807) is 14.0 Å². The van der Waals surface area contributed by atoms with Crippen LogP contribution in [0.5, 0.6) is 0 Å². The fourth-order valence-electron chi connectivity index (χ4n) is 1.56. The zero-order valence-corrected chi connectivity index (χ0v) is 15.4. The van der Waals surface area contributed by atoms with E-state index in [4.69, 9.17) is 4.74 Å². The molecule has 0 N–H and O–H groups in total. The molecule has 0 aromatic heterocycles. The van der Waals surface area contributed by atoms with Crippen molar-refractivity contribution in [2.24, 2.45) is 5.92 Å². The Hall–Kier alpha value is 0.863. The summed E-state index contributed by atoms with van der Waals surface area (Å²) in [5.74, 6) is 0.216. The van der Waals surface area contributed by atoms with Gasteiger partial charge in [0.2, 0.25) is 0 Å². The summed E-state index contributed by atoms with van der Waals surface area (Å²) in [6.07, 6.45) is -0.132. The largest absolute Gasteiger partial charge is 0.382 e. The number of carbonyl (C=O) groups is 1. The topological polar surface area (TPSA) is 29.5 Å². The minimum absolute atomic E-state index is 0. The van der Waals surface area contributed by atoms with E-state index in [0.29, 0.717) is 0 Å². The number of ether oxygens (including phenoxy) is 1. The van der Waals surface area contributed by atoms with E-state index in [2.05, 4.69) is 6.92 Å². The molecule has 0 aliphatic carbocycles. The molecular weight excluding hydrogens is 413 g/mol. The van der Waals surface area contributed by atoms with E-state index in [0.717, 1.165) is 0 Å². The molecule has 16 heavy (non-hydrogen) atoms. The molecule has 0 saturated carbocycles. The number of carbonyl (C=O) groups excluding carboxylic acids is 1. The van der Waals surface area contributed by atoms with Gasteiger partial charge in [-0.25, -0.2) is 0 Å². The Labute approximate surface area is 127 Å². The number of likely N-dealkylation sites (N-methyl/N-ethyl adjacent to an activating group) is 1. The third kappa shape index (κ3) is 8.03. The van der Waals surface area contributed by atoms with Crippen molar-refractivity contribution in [3.63, 3.8) is 0 Å². The first-order valence-electron chi connectivity index (χ1n) is 4.44. The van der Waals surface area contributed by atoms with Crippen molar-refractivity contribution in [3.8, 4) is 0 Å². The van der Waals surface area contributed by atoms with Gasteiger partial charge in [0, 0.05) is 46.7 Å². The first-order valence-corrected chi connectivity index (χ1v) is 4.44. The van der Waals surface area contributed by atoms with E-state index < -0.39 is 0 Å². The first kappa shape index (κ1) is 25.6. The van der Waals surface area contributed by atoms with E-state index in [9.17, 15) is 4.79 Å². The van der Waals surface area contributed by atoms with Gasteiger partial charge in [-0.3, -0.25) is 9.69 Å². The molecule has 0 fully saturated rings. The molecule has 0 aromatic carbocycles. The van der Waals surface area contributed by atoms with Crippen LogP contribution in [0.1, 0.15) is 13.8 Å². The normalized spacial score (nSPS) is 14.9. The van der Waals surface area contributed by atoms with Crippen molar-refractivity contribution >= 4 is 5.78 Å². The predicted molar refractivity (Wildman–Crippen MR) is 59.9 cm³/mol. The number of nitrogens with zero attached hydrogens (tertiary/aromatic N) is 1. The second-order valence-corrected chi connectivity index (χ2v) is 3.70. The molecule has 1 radical (unpaired) electrons. The molecule has 0 saturated heterocycles. The number of ketones is 1. The molecule has 0 bridgehead atoms. The van der Waals surface area contributed by atoms with Crippen LogP contribution in [0.3, 0.4) is 0 Å². The fourth-order valence-corrected chi connectivity index (χ4v) is 1.56. The predicted octanol–water partition coefficient (Wildman–Crippen LogP) is 1.44. The Kier molecular flexibility index (Phi) is 19.8. The molecule has 0 aromatic rings. The number of hydrogen-bond donors (Lipinski definition) is 0. The number of hydrogen-bond acceptors (Lipinski definition) is 3. The number of rotatable bonds is 5. The van der Waals surface area contributed by atoms with E-state index in [1.807, 2.05) is 25.9 Å². The van der Waals surface area contributed by atoms with Crippen LogP contribution < -0.4 is 0 Å². The summed E-state index contributed by atoms with van der Waals surface area (Å²) in [4.78, 5) is 13.2. The van der Waals surface area contributed by atoms with Gasteiger partial charge in [-0.2, -0.15) is 0 Å². The summed E-state index contributed by atoms with van der Waals surface area (Å²) in [7, 11) is 5.37. The summed E-state index contributed by atoms with van der Waals surface area (Å²) in [6, 6.07) is -0.197. The number of methoxy groups -OCH3 is 1. The van der Waals surface area contributed by atoms with Gasteiger partial charge in [0.1, 0.15) is 5.78 Å². The Morgan fingerprint density at radius 1 is 1.38 bits per heavy atom. The van der Waals surface area contributed by atoms with Gasteiger partial charge < -0.3 is 19.1 Å². The average molecular weight is 436 g/mol. The van der Waals surface area contributed by atoms with Crippen LogP contribution in [0.25, 0.3) is 0 Å². The van der Waals surface area contributed by atoms with Gasteiger partial charge in [0.15, 0.2) is 0 Å². The van der Waals surface area contributed by atoms with Crippen LogP contribution >= 0.6 is 0 Å². The zero-order valence-electron chi connectivity index (χ0n) is 11.1. The maximum Gasteiger partial charge on any atom is 0.149 e. The van der Waals surface area contributed by atoms with Crippen molar-refractivity contribution < 1.29 is 49.2 Å². The molecule has 97 valence electrons. The van der Waals surface area contributed by atoms with E-state index in [-0.39, 0.29) is 70.9 Å². The molecule has 0 spiro atoms. The van der Waals surface area contributed by atoms with Crippen LogP contribution in [0.2, 0.25) is 0 Å². The Morgan fingerprint density at radius 2 is 1.75 bits per heavy atom. The minimum Gasteiger partial charge on any atom is -0.382 e. The van der Waals surface area contributed by atoms with Gasteiger partial charge >= 0.3 is 0 Å². The quantitative estimate of drug-likeness (QED) is 0.612. The summed E-state index contributed by atoms with van der Waals surface area (Å²) in [6.45, 7) is 7.43. The second-order valence-electron chi connectivity index (χ2n) is 3.70. The van der Waals surface area contributed by atoms with Crippen molar-refractivity contribution in [1.82, 2.24) is 4.90 Å². The molecule has 0 aliphatic rings. The number of Topliss-reactive ketones (excluding diaryl/α,β-unsaturated/α-hetero) is 1. The van der Waals surface area contributed by atoms with E-state index in [1.165, 1.54) is 0 Å². The van der Waals surface area contributed by atoms with Gasteiger partial charge in [-0.15, -0.1) is 5.92 Å². The Morgan fingerprint density at radius 3 is 1.81 bits per heavy atom. The molecular formula is C11H23NO2VW-2. The summed E-state index contributed by atoms with van der Waals surface area (Å²) in [5, 5.41) is 0. The molecule has 3 nitrogen and oxygen atoms in total. The van der Waals surface area contributed by atoms with Gasteiger partial charge in [0.05, 0.1) is 12.1 Å². The Balaban J connectivity index is -0.000000240. The molecule has 0 heterocycles. The van der Waals surface area contributed by atoms with Gasteiger partial charge in [0.25, 0.3) is 0 Å². The van der Waals surface area contributed by atoms with Crippen LogP contribution in [0.4, 0.5) is 0 Å². The van der Waals surface area contributed by atoms with Crippen LogP contribution in [-0.2, 0) is 49.2 Å². The third-order valence-corrected chi connectivity index (χ3v) is 2.12. The molecule has 0 aliphatic heterocycles. The minimum atomic E-state index is -0.197. The van der Waals surface area contributed by atoms with Gasteiger partial charge in [-0.05, 0) is 21.0 Å². The maximum absolute atomic E-state index is 11.3. The standard InChI is InChI=1S/C10H20NO2.CH3.V.W/c1-7(2)10(13-6)9(8(3)12)11(4)5;;;/h7,9-10H,1H2,2-6H3;1H3;;/q2*-1;;. The fraction of sp³-hybridized carbons (Fsp3) is 0.727. The SMILES string of the molecule is [CH2-]C(C)C(OC)C(C(C)=O)N(C)C.[CH3-].[V].[W]. The summed E-state index contributed by atoms with van der Waals surface area (Å²) in [5.41, 5.74) is 0. The van der Waals surface area contributed by atoms with Crippen molar-refractivity contribution in [3.05, 3.63) is 14.4 Å². The van der Waals surface area contributed by atoms with Gasteiger partial charge in [-0.1, -0.05) is 6.92 Å². The molecule has 0 rings (SSSR count). The summed E-state index contributed by atoms with van der Waals surface area (Å²) >= 11 is 0. The van der Waals surface area contributed by atoms with E-state index >= 15 is 0 Å². The average Bonchev–Trinajstić information content (AvgIpc) is 1.97. The van der Waals surface area contributed by atoms with Crippen molar-refractivity contribution in [2.75, 3.05) is 21.2 Å². The Bertz CT molecular complexity index is 177. The van der Waals surface area contributed by atoms with Crippen molar-refractivity contribution in [2.45, 2.75) is 26.0 Å². The van der Waals surface area contributed by atoms with Crippen LogP contribution in [0.15, 0.2) is 0 Å². The molecule has 3 unspecified atom stereocenters. The first-order chi connectivity index (χ1) is 5.91. The molecule has 0 amide bonds.